The lowest BCUT2D eigenvalue weighted by Crippen LogP contribution is -2.15. The maximum Gasteiger partial charge on any atom is 0.119 e. The second kappa shape index (κ2) is 5.69. The van der Waals surface area contributed by atoms with Crippen LogP contribution in [0.1, 0.15) is 23.7 Å². The molecular weight excluding hydrogens is 226 g/mol. The Labute approximate surface area is 107 Å². The number of aromatic nitrogens is 2. The van der Waals surface area contributed by atoms with E-state index in [1.165, 1.54) is 5.56 Å². The molecule has 1 aromatic carbocycles. The first kappa shape index (κ1) is 12.6. The monoisotopic (exact) mass is 245 g/mol. The van der Waals surface area contributed by atoms with Gasteiger partial charge in [0.25, 0.3) is 0 Å². The van der Waals surface area contributed by atoms with Gasteiger partial charge in [0.15, 0.2) is 0 Å². The fourth-order valence-electron chi connectivity index (χ4n) is 1.79. The fourth-order valence-corrected chi connectivity index (χ4v) is 1.79. The first-order valence-corrected chi connectivity index (χ1v) is 6.10. The van der Waals surface area contributed by atoms with Crippen molar-refractivity contribution in [3.8, 4) is 5.75 Å². The quantitative estimate of drug-likeness (QED) is 0.878. The molecule has 18 heavy (non-hydrogen) atoms. The molecule has 0 aliphatic carbocycles. The Morgan fingerprint density at radius 1 is 1.39 bits per heavy atom. The molecule has 0 amide bonds. The van der Waals surface area contributed by atoms with Gasteiger partial charge in [0.2, 0.25) is 0 Å². The summed E-state index contributed by atoms with van der Waals surface area (Å²) >= 11 is 0. The maximum atomic E-state index is 6.05. The lowest BCUT2D eigenvalue weighted by molar-refractivity contribution is 0.297. The summed E-state index contributed by atoms with van der Waals surface area (Å²) in [6, 6.07) is 9.88. The lowest BCUT2D eigenvalue weighted by Gasteiger charge is -2.10. The number of hydrogen-bond acceptors (Lipinski definition) is 3. The molecule has 0 aliphatic rings. The van der Waals surface area contributed by atoms with Crippen molar-refractivity contribution in [1.29, 1.82) is 0 Å². The first-order valence-electron chi connectivity index (χ1n) is 6.10. The second-order valence-electron chi connectivity index (χ2n) is 4.47. The molecule has 4 heteroatoms. The Bertz CT molecular complexity index is 507. The van der Waals surface area contributed by atoms with Crippen molar-refractivity contribution >= 4 is 0 Å². The molecule has 1 aromatic heterocycles. The Hall–Kier alpha value is -1.81. The van der Waals surface area contributed by atoms with Crippen LogP contribution >= 0.6 is 0 Å². The van der Waals surface area contributed by atoms with Crippen LogP contribution in [-0.2, 0) is 7.05 Å². The van der Waals surface area contributed by atoms with Gasteiger partial charge in [-0.25, -0.2) is 0 Å². The first-order chi connectivity index (χ1) is 8.65. The molecule has 96 valence electrons. The highest BCUT2D eigenvalue weighted by molar-refractivity contribution is 5.27. The van der Waals surface area contributed by atoms with Crippen LogP contribution in [0.3, 0.4) is 0 Å². The molecule has 0 spiro atoms. The van der Waals surface area contributed by atoms with Gasteiger partial charge >= 0.3 is 0 Å². The van der Waals surface area contributed by atoms with E-state index in [9.17, 15) is 0 Å². The molecule has 2 aromatic rings. The molecule has 0 saturated heterocycles. The highest BCUT2D eigenvalue weighted by Gasteiger charge is 2.08. The van der Waals surface area contributed by atoms with E-state index in [0.717, 1.165) is 17.9 Å². The Morgan fingerprint density at radius 2 is 2.22 bits per heavy atom. The van der Waals surface area contributed by atoms with E-state index >= 15 is 0 Å². The van der Waals surface area contributed by atoms with Gasteiger partial charge < -0.3 is 10.5 Å². The van der Waals surface area contributed by atoms with E-state index in [0.29, 0.717) is 6.61 Å². The van der Waals surface area contributed by atoms with E-state index in [4.69, 9.17) is 10.5 Å². The predicted octanol–water partition coefficient (Wildman–Crippen LogP) is 2.20. The van der Waals surface area contributed by atoms with Gasteiger partial charge in [-0.1, -0.05) is 12.1 Å². The topological polar surface area (TPSA) is 53.1 Å². The normalized spacial score (nSPS) is 12.4. The summed E-state index contributed by atoms with van der Waals surface area (Å²) in [7, 11) is 1.89. The molecular formula is C14H19N3O. The Morgan fingerprint density at radius 3 is 2.89 bits per heavy atom. The third-order valence-electron chi connectivity index (χ3n) is 2.80. The number of rotatable bonds is 5. The van der Waals surface area contributed by atoms with Crippen molar-refractivity contribution in [3.63, 3.8) is 0 Å². The zero-order valence-electron chi connectivity index (χ0n) is 10.8. The minimum absolute atomic E-state index is 0.0731. The minimum atomic E-state index is -0.0731. The molecule has 4 nitrogen and oxygen atoms in total. The number of aryl methyl sites for hydroxylation is 2. The highest BCUT2D eigenvalue weighted by atomic mass is 16.5. The Kier molecular flexibility index (Phi) is 3.99. The van der Waals surface area contributed by atoms with Gasteiger partial charge in [0.05, 0.1) is 18.3 Å². The molecule has 2 N–H and O–H groups in total. The van der Waals surface area contributed by atoms with Crippen LogP contribution in [0.2, 0.25) is 0 Å². The standard InChI is InChI=1S/C14H19N3O/c1-11-4-3-5-12(10-11)18-9-7-13(15)14-6-8-17(2)16-14/h3-6,8,10,13H,7,9,15H2,1-2H3. The largest absolute Gasteiger partial charge is 0.494 e. The van der Waals surface area contributed by atoms with Crippen molar-refractivity contribution in [2.75, 3.05) is 6.61 Å². The summed E-state index contributed by atoms with van der Waals surface area (Å²) in [6.07, 6.45) is 2.65. The summed E-state index contributed by atoms with van der Waals surface area (Å²) in [5, 5.41) is 4.29. The Balaban J connectivity index is 1.82. The minimum Gasteiger partial charge on any atom is -0.494 e. The van der Waals surface area contributed by atoms with Crippen molar-refractivity contribution in [1.82, 2.24) is 9.78 Å². The second-order valence-corrected chi connectivity index (χ2v) is 4.47. The van der Waals surface area contributed by atoms with Crippen molar-refractivity contribution in [2.24, 2.45) is 12.8 Å². The SMILES string of the molecule is Cc1cccc(OCCC(N)c2ccn(C)n2)c1. The summed E-state index contributed by atoms with van der Waals surface area (Å²) in [5.74, 6) is 0.892. The van der Waals surface area contributed by atoms with Crippen molar-refractivity contribution in [3.05, 3.63) is 47.8 Å². The smallest absolute Gasteiger partial charge is 0.119 e. The molecule has 0 saturated carbocycles. The summed E-state index contributed by atoms with van der Waals surface area (Å²) in [6.45, 7) is 2.65. The number of ether oxygens (including phenoxy) is 1. The van der Waals surface area contributed by atoms with Gasteiger partial charge in [0.1, 0.15) is 5.75 Å². The number of benzene rings is 1. The molecule has 1 heterocycles. The molecule has 0 bridgehead atoms. The molecule has 1 unspecified atom stereocenters. The summed E-state index contributed by atoms with van der Waals surface area (Å²) in [4.78, 5) is 0. The van der Waals surface area contributed by atoms with Crippen LogP contribution in [0.5, 0.6) is 5.75 Å². The summed E-state index contributed by atoms with van der Waals surface area (Å²) < 4.78 is 7.43. The van der Waals surface area contributed by atoms with E-state index in [2.05, 4.69) is 5.10 Å². The van der Waals surface area contributed by atoms with Crippen LogP contribution in [0.4, 0.5) is 0 Å². The number of hydrogen-bond donors (Lipinski definition) is 1. The molecule has 0 radical (unpaired) electrons. The van der Waals surface area contributed by atoms with E-state index < -0.39 is 0 Å². The third kappa shape index (κ3) is 3.34. The zero-order chi connectivity index (χ0) is 13.0. The van der Waals surface area contributed by atoms with Crippen LogP contribution in [0.25, 0.3) is 0 Å². The molecule has 0 fully saturated rings. The number of nitrogens with two attached hydrogens (primary N) is 1. The summed E-state index contributed by atoms with van der Waals surface area (Å²) in [5.41, 5.74) is 8.15. The molecule has 2 rings (SSSR count). The maximum absolute atomic E-state index is 6.05. The van der Waals surface area contributed by atoms with Crippen LogP contribution < -0.4 is 10.5 Å². The zero-order valence-corrected chi connectivity index (χ0v) is 10.8. The number of nitrogens with zero attached hydrogens (tertiary/aromatic N) is 2. The van der Waals surface area contributed by atoms with Crippen molar-refractivity contribution in [2.45, 2.75) is 19.4 Å². The van der Waals surface area contributed by atoms with Crippen LogP contribution in [0, 0.1) is 6.92 Å². The fraction of sp³-hybridized carbons (Fsp3) is 0.357. The molecule has 1 atom stereocenters. The van der Waals surface area contributed by atoms with Crippen LogP contribution in [-0.4, -0.2) is 16.4 Å². The van der Waals surface area contributed by atoms with E-state index in [1.807, 2.05) is 50.5 Å². The predicted molar refractivity (Wildman–Crippen MR) is 71.4 cm³/mol. The van der Waals surface area contributed by atoms with Crippen LogP contribution in [0.15, 0.2) is 36.5 Å². The highest BCUT2D eigenvalue weighted by Crippen LogP contribution is 2.15. The van der Waals surface area contributed by atoms with Gasteiger partial charge in [-0.05, 0) is 30.7 Å². The van der Waals surface area contributed by atoms with E-state index in [-0.39, 0.29) is 6.04 Å². The van der Waals surface area contributed by atoms with Gasteiger partial charge in [-0.15, -0.1) is 0 Å². The van der Waals surface area contributed by atoms with Gasteiger partial charge in [0, 0.05) is 19.7 Å². The third-order valence-corrected chi connectivity index (χ3v) is 2.80. The van der Waals surface area contributed by atoms with Gasteiger partial charge in [-0.3, -0.25) is 4.68 Å². The average Bonchev–Trinajstić information content (AvgIpc) is 2.76. The van der Waals surface area contributed by atoms with Gasteiger partial charge in [-0.2, -0.15) is 5.10 Å². The molecule has 0 aliphatic heterocycles. The lowest BCUT2D eigenvalue weighted by atomic mass is 10.1. The van der Waals surface area contributed by atoms with Crippen molar-refractivity contribution < 1.29 is 4.74 Å². The average molecular weight is 245 g/mol. The van der Waals surface area contributed by atoms with E-state index in [1.54, 1.807) is 4.68 Å².